The molecule has 0 saturated carbocycles. The molecular weight excluding hydrogens is 270 g/mol. The molecule has 0 unspecified atom stereocenters. The third kappa shape index (κ3) is 4.51. The molecule has 0 amide bonds. The van der Waals surface area contributed by atoms with Crippen molar-refractivity contribution in [1.82, 2.24) is 4.98 Å². The fraction of sp³-hybridized carbons (Fsp3) is 0.200. The highest BCUT2D eigenvalue weighted by atomic mass is 32.1. The minimum atomic E-state index is 0.361. The Bertz CT molecular complexity index is 543. The van der Waals surface area contributed by atoms with Crippen molar-refractivity contribution < 1.29 is 4.74 Å². The third-order valence-corrected chi connectivity index (χ3v) is 2.92. The molecule has 0 aliphatic rings. The number of pyridine rings is 1. The number of hydrogen-bond acceptors (Lipinski definition) is 4. The second-order valence-electron chi connectivity index (χ2n) is 4.24. The summed E-state index contributed by atoms with van der Waals surface area (Å²) in [5, 5.41) is 3.22. The first-order valence-electron chi connectivity index (χ1n) is 6.43. The molecule has 0 aliphatic carbocycles. The van der Waals surface area contributed by atoms with Gasteiger partial charge in [-0.25, -0.2) is 4.98 Å². The molecule has 4 nitrogen and oxygen atoms in total. The predicted molar refractivity (Wildman–Crippen MR) is 85.2 cm³/mol. The SMILES string of the molecule is NC(=S)c1ccc(NCCCOc2ccccc2)nc1. The van der Waals surface area contributed by atoms with Crippen LogP contribution in [-0.4, -0.2) is 23.1 Å². The molecule has 1 aromatic heterocycles. The standard InChI is InChI=1S/C15H17N3OS/c16-15(20)12-7-8-14(18-11-12)17-9-4-10-19-13-5-2-1-3-6-13/h1-3,5-8,11H,4,9-10H2,(H2,16,20)(H,17,18). The first kappa shape index (κ1) is 14.3. The topological polar surface area (TPSA) is 60.2 Å². The van der Waals surface area contributed by atoms with Crippen LogP contribution in [0.5, 0.6) is 5.75 Å². The highest BCUT2D eigenvalue weighted by molar-refractivity contribution is 7.80. The van der Waals surface area contributed by atoms with Gasteiger partial charge in [0.1, 0.15) is 16.6 Å². The molecule has 0 fully saturated rings. The number of anilines is 1. The Kier molecular flexibility index (Phi) is 5.32. The van der Waals surface area contributed by atoms with E-state index in [0.717, 1.165) is 30.1 Å². The van der Waals surface area contributed by atoms with Gasteiger partial charge in [-0.3, -0.25) is 0 Å². The molecule has 0 radical (unpaired) electrons. The number of aromatic nitrogens is 1. The Morgan fingerprint density at radius 2 is 2.00 bits per heavy atom. The van der Waals surface area contributed by atoms with Gasteiger partial charge in [0.2, 0.25) is 0 Å². The van der Waals surface area contributed by atoms with Crippen molar-refractivity contribution in [2.24, 2.45) is 5.73 Å². The average molecular weight is 287 g/mol. The maximum Gasteiger partial charge on any atom is 0.125 e. The Morgan fingerprint density at radius 3 is 2.65 bits per heavy atom. The number of benzene rings is 1. The van der Waals surface area contributed by atoms with E-state index in [1.807, 2.05) is 42.5 Å². The number of ether oxygens (including phenoxy) is 1. The van der Waals surface area contributed by atoms with Crippen LogP contribution in [0, 0.1) is 0 Å². The van der Waals surface area contributed by atoms with E-state index in [9.17, 15) is 0 Å². The summed E-state index contributed by atoms with van der Waals surface area (Å²) in [6, 6.07) is 13.5. The molecule has 0 spiro atoms. The summed E-state index contributed by atoms with van der Waals surface area (Å²) in [5.41, 5.74) is 6.29. The van der Waals surface area contributed by atoms with E-state index in [1.165, 1.54) is 0 Å². The molecule has 0 aliphatic heterocycles. The smallest absolute Gasteiger partial charge is 0.125 e. The second kappa shape index (κ2) is 7.45. The number of thiocarbonyl (C=S) groups is 1. The van der Waals surface area contributed by atoms with E-state index in [2.05, 4.69) is 10.3 Å². The number of para-hydroxylation sites is 1. The molecule has 20 heavy (non-hydrogen) atoms. The highest BCUT2D eigenvalue weighted by Gasteiger charge is 1.98. The van der Waals surface area contributed by atoms with Gasteiger partial charge in [-0.05, 0) is 30.7 Å². The number of nitrogens with one attached hydrogen (secondary N) is 1. The van der Waals surface area contributed by atoms with E-state index in [1.54, 1.807) is 6.20 Å². The number of nitrogens with two attached hydrogens (primary N) is 1. The minimum Gasteiger partial charge on any atom is -0.494 e. The molecular formula is C15H17N3OS. The molecule has 1 heterocycles. The monoisotopic (exact) mass is 287 g/mol. The van der Waals surface area contributed by atoms with Crippen LogP contribution in [0.15, 0.2) is 48.7 Å². The van der Waals surface area contributed by atoms with Crippen molar-refractivity contribution in [3.8, 4) is 5.75 Å². The van der Waals surface area contributed by atoms with Gasteiger partial charge in [-0.15, -0.1) is 0 Å². The van der Waals surface area contributed by atoms with Gasteiger partial charge in [0.15, 0.2) is 0 Å². The normalized spacial score (nSPS) is 10.0. The van der Waals surface area contributed by atoms with E-state index in [-0.39, 0.29) is 0 Å². The molecule has 0 bridgehead atoms. The van der Waals surface area contributed by atoms with Crippen molar-refractivity contribution in [2.45, 2.75) is 6.42 Å². The fourth-order valence-corrected chi connectivity index (χ4v) is 1.76. The van der Waals surface area contributed by atoms with Gasteiger partial charge < -0.3 is 15.8 Å². The molecule has 2 rings (SSSR count). The second-order valence-corrected chi connectivity index (χ2v) is 4.68. The van der Waals surface area contributed by atoms with Crippen LogP contribution in [0.4, 0.5) is 5.82 Å². The van der Waals surface area contributed by atoms with E-state index >= 15 is 0 Å². The molecule has 1 aromatic carbocycles. The maximum absolute atomic E-state index is 5.60. The largest absolute Gasteiger partial charge is 0.494 e. The Labute approximate surface area is 124 Å². The zero-order chi connectivity index (χ0) is 14.2. The first-order chi connectivity index (χ1) is 9.75. The fourth-order valence-electron chi connectivity index (χ4n) is 1.64. The third-order valence-electron chi connectivity index (χ3n) is 2.69. The highest BCUT2D eigenvalue weighted by Crippen LogP contribution is 2.09. The number of rotatable bonds is 7. The average Bonchev–Trinajstić information content (AvgIpc) is 2.48. The summed E-state index contributed by atoms with van der Waals surface area (Å²) in [7, 11) is 0. The van der Waals surface area contributed by atoms with Crippen LogP contribution in [0.25, 0.3) is 0 Å². The Morgan fingerprint density at radius 1 is 1.20 bits per heavy atom. The van der Waals surface area contributed by atoms with E-state index in [0.29, 0.717) is 11.6 Å². The Balaban J connectivity index is 1.67. The quantitative estimate of drug-likeness (QED) is 0.605. The summed E-state index contributed by atoms with van der Waals surface area (Å²) < 4.78 is 5.60. The number of hydrogen-bond donors (Lipinski definition) is 2. The molecule has 0 saturated heterocycles. The van der Waals surface area contributed by atoms with Crippen molar-refractivity contribution in [2.75, 3.05) is 18.5 Å². The van der Waals surface area contributed by atoms with Gasteiger partial charge in [-0.1, -0.05) is 30.4 Å². The number of nitrogens with zero attached hydrogens (tertiary/aromatic N) is 1. The van der Waals surface area contributed by atoms with Crippen molar-refractivity contribution in [3.63, 3.8) is 0 Å². The molecule has 5 heteroatoms. The Hall–Kier alpha value is -2.14. The van der Waals surface area contributed by atoms with Gasteiger partial charge >= 0.3 is 0 Å². The lowest BCUT2D eigenvalue weighted by molar-refractivity contribution is 0.315. The van der Waals surface area contributed by atoms with Crippen LogP contribution < -0.4 is 15.8 Å². The summed E-state index contributed by atoms with van der Waals surface area (Å²) >= 11 is 4.87. The van der Waals surface area contributed by atoms with E-state index < -0.39 is 0 Å². The molecule has 0 atom stereocenters. The van der Waals surface area contributed by atoms with Crippen LogP contribution in [0.2, 0.25) is 0 Å². The van der Waals surface area contributed by atoms with Gasteiger partial charge in [0.25, 0.3) is 0 Å². The van der Waals surface area contributed by atoms with Crippen LogP contribution in [-0.2, 0) is 0 Å². The zero-order valence-corrected chi connectivity index (χ0v) is 11.9. The molecule has 2 aromatic rings. The molecule has 3 N–H and O–H groups in total. The van der Waals surface area contributed by atoms with Crippen molar-refractivity contribution in [3.05, 3.63) is 54.2 Å². The van der Waals surface area contributed by atoms with Gasteiger partial charge in [-0.2, -0.15) is 0 Å². The lowest BCUT2D eigenvalue weighted by atomic mass is 10.3. The predicted octanol–water partition coefficient (Wildman–Crippen LogP) is 2.60. The summed E-state index contributed by atoms with van der Waals surface area (Å²) in [6.45, 7) is 1.47. The van der Waals surface area contributed by atoms with Crippen LogP contribution in [0.1, 0.15) is 12.0 Å². The van der Waals surface area contributed by atoms with Gasteiger partial charge in [0, 0.05) is 18.3 Å². The van der Waals surface area contributed by atoms with E-state index in [4.69, 9.17) is 22.7 Å². The molecule has 104 valence electrons. The minimum absolute atomic E-state index is 0.361. The maximum atomic E-state index is 5.60. The summed E-state index contributed by atoms with van der Waals surface area (Å²) in [5.74, 6) is 1.70. The summed E-state index contributed by atoms with van der Waals surface area (Å²) in [6.07, 6.45) is 2.57. The van der Waals surface area contributed by atoms with Gasteiger partial charge in [0.05, 0.1) is 6.61 Å². The van der Waals surface area contributed by atoms with Crippen LogP contribution in [0.3, 0.4) is 0 Å². The lowest BCUT2D eigenvalue weighted by Gasteiger charge is -2.08. The van der Waals surface area contributed by atoms with Crippen LogP contribution >= 0.6 is 12.2 Å². The first-order valence-corrected chi connectivity index (χ1v) is 6.84. The zero-order valence-electron chi connectivity index (χ0n) is 11.1. The van der Waals surface area contributed by atoms with Crippen molar-refractivity contribution in [1.29, 1.82) is 0 Å². The van der Waals surface area contributed by atoms with Crippen molar-refractivity contribution >= 4 is 23.0 Å². The summed E-state index contributed by atoms with van der Waals surface area (Å²) in [4.78, 5) is 4.60. The lowest BCUT2D eigenvalue weighted by Crippen LogP contribution is -2.11.